The molecule has 0 radical (unpaired) electrons. The summed E-state index contributed by atoms with van der Waals surface area (Å²) in [5.74, 6) is 0. The van der Waals surface area contributed by atoms with Gasteiger partial charge in [-0.05, 0) is 24.3 Å². The van der Waals surface area contributed by atoms with Gasteiger partial charge in [-0.25, -0.2) is 0 Å². The Morgan fingerprint density at radius 1 is 0.818 bits per heavy atom. The summed E-state index contributed by atoms with van der Waals surface area (Å²) in [5, 5.41) is 9.14. The lowest BCUT2D eigenvalue weighted by molar-refractivity contribution is -0.890. The lowest BCUT2D eigenvalue weighted by atomic mass is 10.2. The normalized spacial score (nSPS) is 11.4. The summed E-state index contributed by atoms with van der Waals surface area (Å²) in [7, 11) is 4.34. The summed E-state index contributed by atoms with van der Waals surface area (Å²) in [6.45, 7) is 3.07. The molecule has 2 rings (SSSR count). The number of quaternary nitrogens is 1. The van der Waals surface area contributed by atoms with Gasteiger partial charge in [0.15, 0.2) is 0 Å². The van der Waals surface area contributed by atoms with Crippen LogP contribution in [-0.2, 0) is 0 Å². The Labute approximate surface area is 134 Å². The van der Waals surface area contributed by atoms with Crippen molar-refractivity contribution in [2.75, 3.05) is 45.2 Å². The largest absolute Gasteiger partial charge is 0.391 e. The van der Waals surface area contributed by atoms with Crippen molar-refractivity contribution in [1.29, 1.82) is 0 Å². The Balaban J connectivity index is 2.07. The van der Waals surface area contributed by atoms with E-state index in [0.717, 1.165) is 30.5 Å². The van der Waals surface area contributed by atoms with Crippen LogP contribution in [0.4, 0.5) is 11.4 Å². The van der Waals surface area contributed by atoms with E-state index in [9.17, 15) is 0 Å². The molecule has 1 N–H and O–H groups in total. The van der Waals surface area contributed by atoms with Crippen molar-refractivity contribution in [2.45, 2.75) is 6.42 Å². The van der Waals surface area contributed by atoms with Gasteiger partial charge in [-0.3, -0.25) is 0 Å². The number of anilines is 2. The number of likely N-dealkylation sites (N-methyl/N-ethyl adjacent to an activating group) is 1. The molecule has 0 heterocycles. The van der Waals surface area contributed by atoms with Gasteiger partial charge in [0.2, 0.25) is 0 Å². The van der Waals surface area contributed by atoms with E-state index < -0.39 is 0 Å². The van der Waals surface area contributed by atoms with E-state index in [2.05, 4.69) is 67.5 Å². The Morgan fingerprint density at radius 3 is 1.77 bits per heavy atom. The summed E-state index contributed by atoms with van der Waals surface area (Å²) < 4.78 is 0.855. The summed E-state index contributed by atoms with van der Waals surface area (Å²) >= 11 is 0. The minimum absolute atomic E-state index is 0.244. The third-order valence-corrected chi connectivity index (χ3v) is 3.99. The van der Waals surface area contributed by atoms with Crippen molar-refractivity contribution in [3.8, 4) is 0 Å². The minimum Gasteiger partial charge on any atom is -0.391 e. The minimum atomic E-state index is 0.244. The molecule has 0 saturated carbocycles. The number of hydrogen-bond acceptors (Lipinski definition) is 2. The van der Waals surface area contributed by atoms with Crippen molar-refractivity contribution in [3.05, 3.63) is 60.7 Å². The van der Waals surface area contributed by atoms with Crippen molar-refractivity contribution in [2.24, 2.45) is 0 Å². The fourth-order valence-corrected chi connectivity index (χ4v) is 2.66. The van der Waals surface area contributed by atoms with Gasteiger partial charge in [0.25, 0.3) is 0 Å². The molecule has 0 aromatic heterocycles. The third kappa shape index (κ3) is 4.86. The van der Waals surface area contributed by atoms with Gasteiger partial charge in [-0.15, -0.1) is 0 Å². The number of aliphatic hydroxyl groups excluding tert-OH is 1. The maximum Gasteiger partial charge on any atom is 0.102 e. The molecular weight excluding hydrogens is 272 g/mol. The van der Waals surface area contributed by atoms with Gasteiger partial charge < -0.3 is 14.5 Å². The summed E-state index contributed by atoms with van der Waals surface area (Å²) in [4.78, 5) is 2.36. The smallest absolute Gasteiger partial charge is 0.102 e. The number of para-hydroxylation sites is 2. The molecule has 3 heteroatoms. The zero-order chi connectivity index (χ0) is 15.8. The number of nitrogens with zero attached hydrogens (tertiary/aromatic N) is 2. The maximum atomic E-state index is 9.14. The van der Waals surface area contributed by atoms with E-state index in [4.69, 9.17) is 5.11 Å². The van der Waals surface area contributed by atoms with Crippen LogP contribution >= 0.6 is 0 Å². The van der Waals surface area contributed by atoms with Crippen molar-refractivity contribution >= 4 is 11.4 Å². The van der Waals surface area contributed by atoms with Crippen molar-refractivity contribution < 1.29 is 9.59 Å². The Hall–Kier alpha value is -1.84. The first-order chi connectivity index (χ1) is 10.6. The molecule has 0 aliphatic rings. The molecular formula is C19H27N2O+. The zero-order valence-corrected chi connectivity index (χ0v) is 13.7. The number of aliphatic hydroxyl groups is 1. The zero-order valence-electron chi connectivity index (χ0n) is 13.7. The van der Waals surface area contributed by atoms with E-state index in [1.807, 2.05) is 12.1 Å². The van der Waals surface area contributed by atoms with Crippen LogP contribution in [0.1, 0.15) is 6.42 Å². The highest BCUT2D eigenvalue weighted by Gasteiger charge is 2.15. The van der Waals surface area contributed by atoms with Crippen LogP contribution in [0.25, 0.3) is 0 Å². The number of hydrogen-bond donors (Lipinski definition) is 1. The second-order valence-corrected chi connectivity index (χ2v) is 6.28. The molecule has 0 saturated heterocycles. The van der Waals surface area contributed by atoms with Crippen LogP contribution < -0.4 is 4.90 Å². The van der Waals surface area contributed by atoms with Gasteiger partial charge in [-0.1, -0.05) is 36.4 Å². The van der Waals surface area contributed by atoms with Gasteiger partial charge in [0.1, 0.15) is 6.54 Å². The molecule has 0 fully saturated rings. The quantitative estimate of drug-likeness (QED) is 0.756. The highest BCUT2D eigenvalue weighted by molar-refractivity contribution is 5.62. The molecule has 3 nitrogen and oxygen atoms in total. The van der Waals surface area contributed by atoms with Crippen LogP contribution in [-0.4, -0.2) is 49.9 Å². The molecule has 0 unspecified atom stereocenters. The molecule has 0 bridgehead atoms. The molecule has 2 aromatic carbocycles. The van der Waals surface area contributed by atoms with Gasteiger partial charge in [0.05, 0.1) is 27.2 Å². The van der Waals surface area contributed by atoms with E-state index in [1.54, 1.807) is 0 Å². The molecule has 0 spiro atoms. The Morgan fingerprint density at radius 2 is 1.32 bits per heavy atom. The summed E-state index contributed by atoms with van der Waals surface area (Å²) in [6.07, 6.45) is 1.08. The lowest BCUT2D eigenvalue weighted by Gasteiger charge is -2.31. The van der Waals surface area contributed by atoms with Crippen LogP contribution in [0, 0.1) is 0 Å². The highest BCUT2D eigenvalue weighted by Crippen LogP contribution is 2.25. The predicted octanol–water partition coefficient (Wildman–Crippen LogP) is 3.28. The molecule has 118 valence electrons. The van der Waals surface area contributed by atoms with Crippen LogP contribution in [0.2, 0.25) is 0 Å². The molecule has 22 heavy (non-hydrogen) atoms. The fraction of sp³-hybridized carbons (Fsp3) is 0.368. The SMILES string of the molecule is C[N+](C)(CCO)CCCN(c1ccccc1)c1ccccc1. The van der Waals surface area contributed by atoms with Crippen LogP contribution in [0.5, 0.6) is 0 Å². The third-order valence-electron chi connectivity index (χ3n) is 3.99. The number of benzene rings is 2. The van der Waals surface area contributed by atoms with Crippen molar-refractivity contribution in [1.82, 2.24) is 0 Å². The second-order valence-electron chi connectivity index (χ2n) is 6.28. The van der Waals surface area contributed by atoms with E-state index in [-0.39, 0.29) is 6.61 Å². The average Bonchev–Trinajstić information content (AvgIpc) is 2.53. The van der Waals surface area contributed by atoms with E-state index in [1.165, 1.54) is 11.4 Å². The molecule has 0 atom stereocenters. The first-order valence-electron chi connectivity index (χ1n) is 7.93. The Bertz CT molecular complexity index is 500. The highest BCUT2D eigenvalue weighted by atomic mass is 16.3. The van der Waals surface area contributed by atoms with Gasteiger partial charge in [-0.2, -0.15) is 0 Å². The average molecular weight is 299 g/mol. The van der Waals surface area contributed by atoms with Crippen LogP contribution in [0.15, 0.2) is 60.7 Å². The van der Waals surface area contributed by atoms with Gasteiger partial charge in [0, 0.05) is 24.3 Å². The summed E-state index contributed by atoms with van der Waals surface area (Å²) in [5.41, 5.74) is 2.45. The maximum absolute atomic E-state index is 9.14. The second kappa shape index (κ2) is 7.97. The molecule has 0 amide bonds. The Kier molecular flexibility index (Phi) is 5.99. The standard InChI is InChI=1S/C19H27N2O/c1-21(2,16-17-22)15-9-14-20(18-10-5-3-6-11-18)19-12-7-4-8-13-19/h3-8,10-13,22H,9,14-17H2,1-2H3/q+1. The number of rotatable bonds is 8. The monoisotopic (exact) mass is 299 g/mol. The lowest BCUT2D eigenvalue weighted by Crippen LogP contribution is -2.43. The predicted molar refractivity (Wildman–Crippen MR) is 93.4 cm³/mol. The van der Waals surface area contributed by atoms with E-state index in [0.29, 0.717) is 0 Å². The topological polar surface area (TPSA) is 23.5 Å². The first-order valence-corrected chi connectivity index (χ1v) is 7.93. The van der Waals surface area contributed by atoms with Crippen LogP contribution in [0.3, 0.4) is 0 Å². The first kappa shape index (κ1) is 16.5. The molecule has 0 aliphatic heterocycles. The van der Waals surface area contributed by atoms with E-state index >= 15 is 0 Å². The fourth-order valence-electron chi connectivity index (χ4n) is 2.66. The summed E-state index contributed by atoms with van der Waals surface area (Å²) in [6, 6.07) is 21.0. The molecule has 0 aliphatic carbocycles. The molecule has 2 aromatic rings. The van der Waals surface area contributed by atoms with Crippen molar-refractivity contribution in [3.63, 3.8) is 0 Å². The van der Waals surface area contributed by atoms with Gasteiger partial charge >= 0.3 is 0 Å².